The Balaban J connectivity index is 0.000000406. The van der Waals surface area contributed by atoms with Crippen LogP contribution in [0.3, 0.4) is 0 Å². The number of aliphatic carboxylic acids is 1. The molecule has 0 radical (unpaired) electrons. The highest BCUT2D eigenvalue weighted by molar-refractivity contribution is 5.94. The van der Waals surface area contributed by atoms with Gasteiger partial charge in [-0.15, -0.1) is 0 Å². The summed E-state index contributed by atoms with van der Waals surface area (Å²) in [7, 11) is 0. The van der Waals surface area contributed by atoms with Crippen LogP contribution in [0, 0.1) is 17.7 Å². The molecular weight excluding hydrogens is 460 g/mol. The van der Waals surface area contributed by atoms with Crippen LogP contribution in [0.1, 0.15) is 22.3 Å². The lowest BCUT2D eigenvalue weighted by Gasteiger charge is -2.20. The summed E-state index contributed by atoms with van der Waals surface area (Å²) in [4.78, 5) is 27.2. The van der Waals surface area contributed by atoms with Gasteiger partial charge in [-0.3, -0.25) is 9.78 Å². The Kier molecular flexibility index (Phi) is 8.56. The Bertz CT molecular complexity index is 973. The summed E-state index contributed by atoms with van der Waals surface area (Å²) < 4.78 is 57.3. The predicted octanol–water partition coefficient (Wildman–Crippen LogP) is 3.55. The van der Waals surface area contributed by atoms with E-state index < -0.39 is 18.0 Å². The number of carbonyl (C=O) groups is 2. The number of amides is 1. The van der Waals surface area contributed by atoms with Gasteiger partial charge in [-0.1, -0.05) is 12.1 Å². The fraction of sp³-hybridized carbons (Fsp3) is 0.435. The number of rotatable bonds is 6. The number of likely N-dealkylation sites (tertiary alicyclic amines) is 1. The van der Waals surface area contributed by atoms with E-state index in [0.717, 1.165) is 12.0 Å². The predicted molar refractivity (Wildman–Crippen MR) is 111 cm³/mol. The highest BCUT2D eigenvalue weighted by atomic mass is 19.4. The maximum absolute atomic E-state index is 13.9. The topological polar surface area (TPSA) is 89.0 Å². The van der Waals surface area contributed by atoms with Gasteiger partial charge in [0, 0.05) is 38.0 Å². The Morgan fingerprint density at radius 2 is 1.82 bits per heavy atom. The van der Waals surface area contributed by atoms with Gasteiger partial charge in [-0.05, 0) is 42.2 Å². The number of carboxylic acids is 1. The van der Waals surface area contributed by atoms with Gasteiger partial charge in [0.05, 0.1) is 24.9 Å². The van der Waals surface area contributed by atoms with Gasteiger partial charge in [-0.2, -0.15) is 13.2 Å². The smallest absolute Gasteiger partial charge is 0.475 e. The largest absolute Gasteiger partial charge is 0.490 e. The number of carbonyl (C=O) groups excluding carboxylic acids is 1. The van der Waals surface area contributed by atoms with Crippen molar-refractivity contribution in [1.82, 2.24) is 9.88 Å². The quantitative estimate of drug-likeness (QED) is 0.499. The number of hydrogen-bond donors (Lipinski definition) is 1. The molecule has 7 nitrogen and oxygen atoms in total. The molecule has 2 aliphatic rings. The molecule has 0 saturated carbocycles. The third kappa shape index (κ3) is 6.73. The van der Waals surface area contributed by atoms with Crippen molar-refractivity contribution in [1.29, 1.82) is 0 Å². The average Bonchev–Trinajstić information content (AvgIpc) is 3.39. The highest BCUT2D eigenvalue weighted by Crippen LogP contribution is 2.36. The van der Waals surface area contributed by atoms with Gasteiger partial charge >= 0.3 is 12.1 Å². The van der Waals surface area contributed by atoms with Gasteiger partial charge in [0.1, 0.15) is 5.82 Å². The summed E-state index contributed by atoms with van der Waals surface area (Å²) in [6.07, 6.45) is -0.624. The minimum atomic E-state index is -5.08. The van der Waals surface area contributed by atoms with E-state index in [2.05, 4.69) is 4.98 Å². The molecule has 1 aromatic carbocycles. The Morgan fingerprint density at radius 3 is 2.47 bits per heavy atom. The lowest BCUT2D eigenvalue weighted by molar-refractivity contribution is -0.192. The molecule has 1 N–H and O–H groups in total. The Hall–Kier alpha value is -3.05. The number of pyridine rings is 1. The minimum Gasteiger partial charge on any atom is -0.475 e. The molecule has 0 spiro atoms. The first-order valence-electron chi connectivity index (χ1n) is 10.6. The fourth-order valence-electron chi connectivity index (χ4n) is 3.97. The van der Waals surface area contributed by atoms with E-state index in [4.69, 9.17) is 19.4 Å². The Labute approximate surface area is 193 Å². The van der Waals surface area contributed by atoms with Crippen molar-refractivity contribution in [2.75, 3.05) is 26.3 Å². The van der Waals surface area contributed by atoms with Gasteiger partial charge < -0.3 is 19.5 Å². The third-order valence-electron chi connectivity index (χ3n) is 5.72. The maximum atomic E-state index is 13.9. The van der Waals surface area contributed by atoms with Crippen LogP contribution in [0.4, 0.5) is 17.6 Å². The molecule has 0 aliphatic carbocycles. The SMILES string of the molecule is O=C(O)C(F)(F)F.O=C(c1ccccc1F)N1C[C@H]2[C@@H](CCOCc3ccncc3)CO[C@H]2C1. The first-order valence-corrected chi connectivity index (χ1v) is 10.6. The van der Waals surface area contributed by atoms with Crippen LogP contribution in [-0.4, -0.2) is 65.5 Å². The van der Waals surface area contributed by atoms with Crippen LogP contribution >= 0.6 is 0 Å². The lowest BCUT2D eigenvalue weighted by Crippen LogP contribution is -2.32. The van der Waals surface area contributed by atoms with Crippen LogP contribution in [0.2, 0.25) is 0 Å². The van der Waals surface area contributed by atoms with E-state index in [1.54, 1.807) is 29.4 Å². The summed E-state index contributed by atoms with van der Waals surface area (Å²) >= 11 is 0. The molecule has 2 aromatic rings. The van der Waals surface area contributed by atoms with Crippen molar-refractivity contribution in [2.24, 2.45) is 11.8 Å². The summed E-state index contributed by atoms with van der Waals surface area (Å²) in [6.45, 7) is 3.08. The van der Waals surface area contributed by atoms with Crippen molar-refractivity contribution < 1.29 is 41.7 Å². The molecule has 3 atom stereocenters. The number of halogens is 4. The number of aromatic nitrogens is 1. The Morgan fingerprint density at radius 1 is 1.15 bits per heavy atom. The molecule has 2 saturated heterocycles. The summed E-state index contributed by atoms with van der Waals surface area (Å²) in [5, 5.41) is 7.12. The fourth-order valence-corrected chi connectivity index (χ4v) is 3.97. The standard InChI is InChI=1S/C21H23FN2O3.C2HF3O2/c22-19-4-2-1-3-17(19)21(25)24-11-18-16(14-27-20(18)12-24)7-10-26-13-15-5-8-23-9-6-15;3-2(4,5)1(6)7/h1-6,8-9,16,18,20H,7,10-14H2;(H,6,7)/t16-,18-,20-;/m0./s1. The number of alkyl halides is 3. The highest BCUT2D eigenvalue weighted by Gasteiger charge is 2.45. The second-order valence-corrected chi connectivity index (χ2v) is 7.99. The van der Waals surface area contributed by atoms with Crippen LogP contribution in [-0.2, 0) is 20.9 Å². The molecule has 1 amide bonds. The molecule has 34 heavy (non-hydrogen) atoms. The van der Waals surface area contributed by atoms with E-state index in [1.807, 2.05) is 12.1 Å². The van der Waals surface area contributed by atoms with Crippen molar-refractivity contribution in [3.8, 4) is 0 Å². The van der Waals surface area contributed by atoms with Crippen LogP contribution in [0.25, 0.3) is 0 Å². The van der Waals surface area contributed by atoms with Crippen LogP contribution in [0.5, 0.6) is 0 Å². The molecular formula is C23H24F4N2O5. The number of benzene rings is 1. The lowest BCUT2D eigenvalue weighted by atomic mass is 9.91. The van der Waals surface area contributed by atoms with Crippen LogP contribution < -0.4 is 0 Å². The van der Waals surface area contributed by atoms with Crippen LogP contribution in [0.15, 0.2) is 48.8 Å². The first kappa shape index (κ1) is 25.6. The van der Waals surface area contributed by atoms with E-state index in [1.165, 1.54) is 12.1 Å². The average molecular weight is 484 g/mol. The molecule has 1 aromatic heterocycles. The maximum Gasteiger partial charge on any atom is 0.490 e. The number of hydrogen-bond acceptors (Lipinski definition) is 5. The zero-order valence-corrected chi connectivity index (χ0v) is 18.1. The van der Waals surface area contributed by atoms with Crippen molar-refractivity contribution in [3.63, 3.8) is 0 Å². The zero-order valence-electron chi connectivity index (χ0n) is 18.1. The summed E-state index contributed by atoms with van der Waals surface area (Å²) in [5.74, 6) is -2.82. The van der Waals surface area contributed by atoms with Gasteiger partial charge in [-0.25, -0.2) is 9.18 Å². The number of ether oxygens (including phenoxy) is 2. The second-order valence-electron chi connectivity index (χ2n) is 7.99. The first-order chi connectivity index (χ1) is 16.2. The van der Waals surface area contributed by atoms with Gasteiger partial charge in [0.2, 0.25) is 0 Å². The van der Waals surface area contributed by atoms with Crippen molar-refractivity contribution in [2.45, 2.75) is 25.3 Å². The minimum absolute atomic E-state index is 0.0471. The molecule has 0 unspecified atom stereocenters. The van der Waals surface area contributed by atoms with Crippen molar-refractivity contribution in [3.05, 3.63) is 65.7 Å². The normalized spacial score (nSPS) is 21.5. The molecule has 2 aliphatic heterocycles. The molecule has 2 fully saturated rings. The third-order valence-corrected chi connectivity index (χ3v) is 5.72. The molecule has 4 rings (SSSR count). The van der Waals surface area contributed by atoms with E-state index in [-0.39, 0.29) is 17.6 Å². The van der Waals surface area contributed by atoms with Gasteiger partial charge in [0.25, 0.3) is 5.91 Å². The zero-order chi connectivity index (χ0) is 24.7. The summed E-state index contributed by atoms with van der Waals surface area (Å²) in [6, 6.07) is 10.0. The molecule has 184 valence electrons. The number of fused-ring (bicyclic) bond motifs is 1. The van der Waals surface area contributed by atoms with E-state index in [9.17, 15) is 22.4 Å². The number of carboxylic acid groups (broad SMARTS) is 1. The van der Waals surface area contributed by atoms with E-state index in [0.29, 0.717) is 44.7 Å². The number of nitrogens with zero attached hydrogens (tertiary/aromatic N) is 2. The van der Waals surface area contributed by atoms with Gasteiger partial charge in [0.15, 0.2) is 0 Å². The molecule has 11 heteroatoms. The monoisotopic (exact) mass is 484 g/mol. The van der Waals surface area contributed by atoms with E-state index >= 15 is 0 Å². The molecule has 0 bridgehead atoms. The summed E-state index contributed by atoms with van der Waals surface area (Å²) in [5.41, 5.74) is 1.24. The molecule has 3 heterocycles. The van der Waals surface area contributed by atoms with Crippen molar-refractivity contribution >= 4 is 11.9 Å². The second kappa shape index (κ2) is 11.4.